The normalized spacial score (nSPS) is 11.1. The van der Waals surface area contributed by atoms with Gasteiger partial charge in [0.05, 0.1) is 12.8 Å². The topological polar surface area (TPSA) is 49.6 Å². The molecular weight excluding hydrogens is 389 g/mol. The number of furan rings is 1. The first-order valence-electron chi connectivity index (χ1n) is 7.35. The van der Waals surface area contributed by atoms with E-state index in [0.29, 0.717) is 12.6 Å². The van der Waals surface area contributed by atoms with Crippen molar-refractivity contribution < 1.29 is 4.42 Å². The van der Waals surface area contributed by atoms with Gasteiger partial charge in [-0.3, -0.25) is 0 Å². The Balaban J connectivity index is 0.00000242. The fourth-order valence-corrected chi connectivity index (χ4v) is 1.94. The second-order valence-electron chi connectivity index (χ2n) is 5.21. The molecule has 1 aromatic heterocycles. The van der Waals surface area contributed by atoms with Crippen LogP contribution in [0.1, 0.15) is 25.2 Å². The van der Waals surface area contributed by atoms with Gasteiger partial charge in [0.25, 0.3) is 0 Å². The summed E-state index contributed by atoms with van der Waals surface area (Å²) in [5, 5.41) is 6.68. The zero-order valence-corrected chi connectivity index (χ0v) is 15.4. The summed E-state index contributed by atoms with van der Waals surface area (Å²) in [4.78, 5) is 4.62. The van der Waals surface area contributed by atoms with Gasteiger partial charge in [0.15, 0.2) is 5.96 Å². The lowest BCUT2D eigenvalue weighted by Gasteiger charge is -2.14. The molecule has 0 saturated carbocycles. The molecule has 2 N–H and O–H groups in total. The van der Waals surface area contributed by atoms with Gasteiger partial charge in [-0.1, -0.05) is 30.3 Å². The Kier molecular flexibility index (Phi) is 8.65. The lowest BCUT2D eigenvalue weighted by Crippen LogP contribution is -2.41. The minimum Gasteiger partial charge on any atom is -0.469 e. The number of hydrogen-bond donors (Lipinski definition) is 2. The molecule has 0 bridgehead atoms. The van der Waals surface area contributed by atoms with E-state index in [1.807, 2.05) is 30.3 Å². The molecule has 0 spiro atoms. The first-order chi connectivity index (χ1) is 10.2. The van der Waals surface area contributed by atoms with E-state index in [0.717, 1.165) is 24.7 Å². The molecule has 0 fully saturated rings. The van der Waals surface area contributed by atoms with Gasteiger partial charge >= 0.3 is 0 Å². The number of rotatable bonds is 6. The van der Waals surface area contributed by atoms with Crippen LogP contribution in [0.2, 0.25) is 0 Å². The summed E-state index contributed by atoms with van der Waals surface area (Å²) >= 11 is 0. The van der Waals surface area contributed by atoms with Gasteiger partial charge in [-0.05, 0) is 31.5 Å². The van der Waals surface area contributed by atoms with Crippen LogP contribution in [0.4, 0.5) is 0 Å². The van der Waals surface area contributed by atoms with Crippen molar-refractivity contribution in [2.45, 2.75) is 32.9 Å². The van der Waals surface area contributed by atoms with Crippen molar-refractivity contribution in [3.05, 3.63) is 60.1 Å². The average molecular weight is 413 g/mol. The highest BCUT2D eigenvalue weighted by Crippen LogP contribution is 2.01. The van der Waals surface area contributed by atoms with Crippen molar-refractivity contribution in [1.82, 2.24) is 10.6 Å². The molecule has 120 valence electrons. The Morgan fingerprint density at radius 1 is 1.14 bits per heavy atom. The Morgan fingerprint density at radius 2 is 1.91 bits per heavy atom. The number of nitrogens with zero attached hydrogens (tertiary/aromatic N) is 1. The lowest BCUT2D eigenvalue weighted by atomic mass is 10.2. The Labute approximate surface area is 149 Å². The van der Waals surface area contributed by atoms with E-state index in [4.69, 9.17) is 4.42 Å². The quantitative estimate of drug-likeness (QED) is 0.433. The molecule has 1 heterocycles. The third-order valence-corrected chi connectivity index (χ3v) is 2.93. The summed E-state index contributed by atoms with van der Waals surface area (Å²) in [6.07, 6.45) is 2.54. The molecule has 0 saturated heterocycles. The molecule has 0 aliphatic rings. The van der Waals surface area contributed by atoms with E-state index in [2.05, 4.69) is 41.6 Å². The molecule has 4 nitrogen and oxygen atoms in total. The third kappa shape index (κ3) is 6.98. The van der Waals surface area contributed by atoms with E-state index in [1.54, 1.807) is 6.26 Å². The van der Waals surface area contributed by atoms with Gasteiger partial charge in [0, 0.05) is 19.0 Å². The molecule has 22 heavy (non-hydrogen) atoms. The SMILES string of the molecule is CC(C)NC(=NCc1ccccc1)NCCc1ccco1.I. The highest BCUT2D eigenvalue weighted by atomic mass is 127. The summed E-state index contributed by atoms with van der Waals surface area (Å²) in [5.74, 6) is 1.81. The van der Waals surface area contributed by atoms with Gasteiger partial charge in [-0.25, -0.2) is 4.99 Å². The van der Waals surface area contributed by atoms with E-state index in [9.17, 15) is 0 Å². The number of benzene rings is 1. The predicted octanol–water partition coefficient (Wildman–Crippen LogP) is 3.58. The largest absolute Gasteiger partial charge is 0.469 e. The van der Waals surface area contributed by atoms with E-state index >= 15 is 0 Å². The molecule has 0 aliphatic carbocycles. The average Bonchev–Trinajstić information content (AvgIpc) is 2.98. The van der Waals surface area contributed by atoms with Crippen molar-refractivity contribution in [3.8, 4) is 0 Å². The van der Waals surface area contributed by atoms with Crippen LogP contribution in [-0.4, -0.2) is 18.5 Å². The van der Waals surface area contributed by atoms with Crippen LogP contribution in [0, 0.1) is 0 Å². The monoisotopic (exact) mass is 413 g/mol. The van der Waals surface area contributed by atoms with Crippen LogP contribution >= 0.6 is 24.0 Å². The maximum atomic E-state index is 5.33. The van der Waals surface area contributed by atoms with Gasteiger partial charge in [-0.2, -0.15) is 0 Å². The van der Waals surface area contributed by atoms with Crippen LogP contribution in [-0.2, 0) is 13.0 Å². The number of aliphatic imine (C=N–C) groups is 1. The zero-order valence-electron chi connectivity index (χ0n) is 13.1. The molecule has 2 aromatic rings. The number of halogens is 1. The summed E-state index contributed by atoms with van der Waals surface area (Å²) in [6.45, 7) is 5.67. The Morgan fingerprint density at radius 3 is 2.55 bits per heavy atom. The maximum absolute atomic E-state index is 5.33. The Bertz CT molecular complexity index is 538. The van der Waals surface area contributed by atoms with Crippen molar-refractivity contribution in [2.24, 2.45) is 4.99 Å². The second-order valence-corrected chi connectivity index (χ2v) is 5.21. The Hall–Kier alpha value is -1.50. The van der Waals surface area contributed by atoms with Crippen molar-refractivity contribution in [2.75, 3.05) is 6.54 Å². The highest BCUT2D eigenvalue weighted by Gasteiger charge is 2.02. The summed E-state index contributed by atoms with van der Waals surface area (Å²) in [5.41, 5.74) is 1.20. The van der Waals surface area contributed by atoms with Crippen molar-refractivity contribution >= 4 is 29.9 Å². The molecular formula is C17H24IN3O. The van der Waals surface area contributed by atoms with Crippen LogP contribution in [0.15, 0.2) is 58.1 Å². The van der Waals surface area contributed by atoms with E-state index < -0.39 is 0 Å². The molecule has 5 heteroatoms. The molecule has 0 atom stereocenters. The third-order valence-electron chi connectivity index (χ3n) is 2.93. The molecule has 1 aromatic carbocycles. The van der Waals surface area contributed by atoms with E-state index in [-0.39, 0.29) is 24.0 Å². The maximum Gasteiger partial charge on any atom is 0.191 e. The fraction of sp³-hybridized carbons (Fsp3) is 0.353. The van der Waals surface area contributed by atoms with Gasteiger partial charge in [0.1, 0.15) is 5.76 Å². The van der Waals surface area contributed by atoms with Gasteiger partial charge < -0.3 is 15.1 Å². The van der Waals surface area contributed by atoms with Crippen LogP contribution in [0.3, 0.4) is 0 Å². The first kappa shape index (κ1) is 18.5. The lowest BCUT2D eigenvalue weighted by molar-refractivity contribution is 0.506. The second kappa shape index (κ2) is 10.3. The van der Waals surface area contributed by atoms with E-state index in [1.165, 1.54) is 5.56 Å². The summed E-state index contributed by atoms with van der Waals surface area (Å²) in [7, 11) is 0. The van der Waals surface area contributed by atoms with Crippen LogP contribution < -0.4 is 10.6 Å². The number of guanidine groups is 1. The van der Waals surface area contributed by atoms with Gasteiger partial charge in [-0.15, -0.1) is 24.0 Å². The molecule has 0 unspecified atom stereocenters. The summed E-state index contributed by atoms with van der Waals surface area (Å²) < 4.78 is 5.33. The molecule has 2 rings (SSSR count). The number of nitrogens with one attached hydrogen (secondary N) is 2. The smallest absolute Gasteiger partial charge is 0.191 e. The highest BCUT2D eigenvalue weighted by molar-refractivity contribution is 14.0. The standard InChI is InChI=1S/C17H23N3O.HI/c1-14(2)20-17(18-11-10-16-9-6-12-21-16)19-13-15-7-4-3-5-8-15;/h3-9,12,14H,10-11,13H2,1-2H3,(H2,18,19,20);1H. The van der Waals surface area contributed by atoms with Crippen LogP contribution in [0.25, 0.3) is 0 Å². The molecule has 0 aliphatic heterocycles. The predicted molar refractivity (Wildman–Crippen MR) is 102 cm³/mol. The zero-order chi connectivity index (χ0) is 14.9. The van der Waals surface area contributed by atoms with Crippen molar-refractivity contribution in [1.29, 1.82) is 0 Å². The molecule has 0 radical (unpaired) electrons. The van der Waals surface area contributed by atoms with Gasteiger partial charge in [0.2, 0.25) is 0 Å². The first-order valence-corrected chi connectivity index (χ1v) is 7.35. The van der Waals surface area contributed by atoms with Crippen molar-refractivity contribution in [3.63, 3.8) is 0 Å². The molecule has 0 amide bonds. The number of hydrogen-bond acceptors (Lipinski definition) is 2. The fourth-order valence-electron chi connectivity index (χ4n) is 1.94. The van der Waals surface area contributed by atoms with Crippen LogP contribution in [0.5, 0.6) is 0 Å². The minimum absolute atomic E-state index is 0. The summed E-state index contributed by atoms with van der Waals surface area (Å²) in [6, 6.07) is 14.5. The minimum atomic E-state index is 0.